The average molecular weight is 409 g/mol. The number of aromatic nitrogens is 2. The van der Waals surface area contributed by atoms with Crippen molar-refractivity contribution >= 4 is 11.0 Å². The third kappa shape index (κ3) is 4.38. The molecule has 0 saturated carbocycles. The zero-order valence-electron chi connectivity index (χ0n) is 17.1. The summed E-state index contributed by atoms with van der Waals surface area (Å²) in [6.07, 6.45) is 2.20. The van der Waals surface area contributed by atoms with Gasteiger partial charge in [0.2, 0.25) is 0 Å². The molecule has 158 valence electrons. The van der Waals surface area contributed by atoms with Gasteiger partial charge in [0.25, 0.3) is 0 Å². The van der Waals surface area contributed by atoms with E-state index in [-0.39, 0.29) is 18.7 Å². The van der Waals surface area contributed by atoms with Crippen LogP contribution in [0.5, 0.6) is 0 Å². The van der Waals surface area contributed by atoms with Crippen LogP contribution in [-0.2, 0) is 13.1 Å². The first-order chi connectivity index (χ1) is 14.5. The summed E-state index contributed by atoms with van der Waals surface area (Å²) < 4.78 is 0. The molecule has 0 amide bonds. The van der Waals surface area contributed by atoms with Crippen LogP contribution in [-0.4, -0.2) is 39.2 Å². The number of fused-ring (bicyclic) bond motifs is 1. The molecule has 1 saturated heterocycles. The maximum atomic E-state index is 11.6. The van der Waals surface area contributed by atoms with Crippen LogP contribution in [0, 0.1) is 0 Å². The first-order valence-corrected chi connectivity index (χ1v) is 10.5. The summed E-state index contributed by atoms with van der Waals surface area (Å²) in [6.45, 7) is 4.89. The smallest absolute Gasteiger partial charge is 0.314 e. The van der Waals surface area contributed by atoms with E-state index in [4.69, 9.17) is 0 Å². The van der Waals surface area contributed by atoms with Crippen molar-refractivity contribution in [2.45, 2.75) is 44.9 Å². The quantitative estimate of drug-likeness (QED) is 0.448. The van der Waals surface area contributed by atoms with E-state index < -0.39 is 11.1 Å². The normalized spacial score (nSPS) is 18.1. The molecule has 4 rings (SSSR count). The Balaban J connectivity index is 1.47. The fraction of sp³-hybridized carbons (Fsp3) is 0.391. The van der Waals surface area contributed by atoms with Crippen LogP contribution >= 0.6 is 0 Å². The Morgan fingerprint density at radius 2 is 1.83 bits per heavy atom. The molecule has 0 spiro atoms. The van der Waals surface area contributed by atoms with Crippen molar-refractivity contribution in [1.29, 1.82) is 0 Å². The van der Waals surface area contributed by atoms with E-state index in [1.165, 1.54) is 11.1 Å². The molecule has 2 atom stereocenters. The number of rotatable bonds is 7. The lowest BCUT2D eigenvalue weighted by atomic mass is 10.0. The largest absolute Gasteiger partial charge is 0.395 e. The zero-order valence-corrected chi connectivity index (χ0v) is 17.1. The van der Waals surface area contributed by atoms with Crippen molar-refractivity contribution in [3.63, 3.8) is 0 Å². The molecule has 2 aromatic carbocycles. The third-order valence-corrected chi connectivity index (χ3v) is 6.05. The first-order valence-electron chi connectivity index (χ1n) is 10.5. The molecule has 1 aromatic heterocycles. The number of hydrogen-bond donors (Lipinski definition) is 4. The summed E-state index contributed by atoms with van der Waals surface area (Å²) >= 11 is 0. The van der Waals surface area contributed by atoms with Crippen LogP contribution in [0.3, 0.4) is 0 Å². The van der Waals surface area contributed by atoms with E-state index in [1.54, 1.807) is 0 Å². The fourth-order valence-corrected chi connectivity index (χ4v) is 4.20. The van der Waals surface area contributed by atoms with Gasteiger partial charge in [-0.1, -0.05) is 30.3 Å². The number of nitrogens with zero attached hydrogens (tertiary/aromatic N) is 1. The SMILES string of the molecule is CC(NCc1ccccc1CN1CCCC1CO)c1ccc2[nH]c(=O)c(=O)[nH]c2c1. The van der Waals surface area contributed by atoms with Gasteiger partial charge in [0.05, 0.1) is 17.6 Å². The number of aromatic amines is 2. The summed E-state index contributed by atoms with van der Waals surface area (Å²) in [4.78, 5) is 30.7. The summed E-state index contributed by atoms with van der Waals surface area (Å²) in [6, 6.07) is 14.4. The lowest BCUT2D eigenvalue weighted by molar-refractivity contribution is 0.153. The van der Waals surface area contributed by atoms with Crippen molar-refractivity contribution in [3.05, 3.63) is 79.9 Å². The molecule has 2 heterocycles. The molecule has 0 radical (unpaired) electrons. The zero-order chi connectivity index (χ0) is 21.1. The molecule has 7 nitrogen and oxygen atoms in total. The number of aliphatic hydroxyl groups excluding tert-OH is 1. The van der Waals surface area contributed by atoms with Gasteiger partial charge in [-0.25, -0.2) is 0 Å². The van der Waals surface area contributed by atoms with Crippen LogP contribution in [0.25, 0.3) is 11.0 Å². The van der Waals surface area contributed by atoms with E-state index in [1.807, 2.05) is 18.2 Å². The monoisotopic (exact) mass is 408 g/mol. The highest BCUT2D eigenvalue weighted by Gasteiger charge is 2.24. The van der Waals surface area contributed by atoms with E-state index >= 15 is 0 Å². The fourth-order valence-electron chi connectivity index (χ4n) is 4.20. The van der Waals surface area contributed by atoms with Crippen LogP contribution in [0.15, 0.2) is 52.1 Å². The molecule has 1 fully saturated rings. The van der Waals surface area contributed by atoms with Gasteiger partial charge in [-0.3, -0.25) is 14.5 Å². The Labute approximate surface area is 174 Å². The molecule has 2 unspecified atom stereocenters. The predicted octanol–water partition coefficient (Wildman–Crippen LogP) is 2.02. The first kappa shape index (κ1) is 20.5. The standard InChI is InChI=1S/C23H28N4O3/c1-15(16-8-9-20-21(11-16)26-23(30)22(29)25-20)24-12-17-5-2-3-6-18(17)13-27-10-4-7-19(27)14-28/h2-3,5-6,8-9,11,15,19,24,28H,4,7,10,12-14H2,1H3,(H,25,29)(H,26,30). The average Bonchev–Trinajstić information content (AvgIpc) is 3.20. The number of aliphatic hydroxyl groups is 1. The van der Waals surface area contributed by atoms with Gasteiger partial charge in [0, 0.05) is 25.2 Å². The van der Waals surface area contributed by atoms with Crippen LogP contribution < -0.4 is 16.4 Å². The Kier molecular flexibility index (Phi) is 6.13. The van der Waals surface area contributed by atoms with Crippen molar-refractivity contribution in [2.75, 3.05) is 13.2 Å². The van der Waals surface area contributed by atoms with E-state index in [0.29, 0.717) is 11.0 Å². The Bertz CT molecular complexity index is 1140. The Morgan fingerprint density at radius 3 is 2.60 bits per heavy atom. The molecule has 1 aliphatic rings. The number of likely N-dealkylation sites (tertiary alicyclic amines) is 1. The van der Waals surface area contributed by atoms with Gasteiger partial charge in [-0.2, -0.15) is 0 Å². The van der Waals surface area contributed by atoms with Crippen molar-refractivity contribution in [2.24, 2.45) is 0 Å². The van der Waals surface area contributed by atoms with Gasteiger partial charge in [0.1, 0.15) is 0 Å². The minimum Gasteiger partial charge on any atom is -0.395 e. The number of H-pyrrole nitrogens is 2. The highest BCUT2D eigenvalue weighted by molar-refractivity contribution is 5.74. The van der Waals surface area contributed by atoms with Gasteiger partial charge in [-0.05, 0) is 55.1 Å². The number of benzene rings is 2. The topological polar surface area (TPSA) is 101 Å². The lowest BCUT2D eigenvalue weighted by Crippen LogP contribution is -2.32. The highest BCUT2D eigenvalue weighted by atomic mass is 16.3. The van der Waals surface area contributed by atoms with Crippen LogP contribution in [0.2, 0.25) is 0 Å². The summed E-state index contributed by atoms with van der Waals surface area (Å²) in [5.41, 5.74) is 3.50. The minimum atomic E-state index is -0.641. The van der Waals surface area contributed by atoms with Crippen molar-refractivity contribution in [1.82, 2.24) is 20.2 Å². The summed E-state index contributed by atoms with van der Waals surface area (Å²) in [5.74, 6) is 0. The number of nitrogens with one attached hydrogen (secondary N) is 3. The van der Waals surface area contributed by atoms with Gasteiger partial charge >= 0.3 is 11.1 Å². The number of hydrogen-bond acceptors (Lipinski definition) is 5. The summed E-state index contributed by atoms with van der Waals surface area (Å²) in [5, 5.41) is 13.2. The second-order valence-electron chi connectivity index (χ2n) is 8.03. The third-order valence-electron chi connectivity index (χ3n) is 6.05. The van der Waals surface area contributed by atoms with Gasteiger partial charge in [0.15, 0.2) is 0 Å². The molecule has 30 heavy (non-hydrogen) atoms. The van der Waals surface area contributed by atoms with E-state index in [2.05, 4.69) is 51.4 Å². The van der Waals surface area contributed by atoms with E-state index in [0.717, 1.165) is 38.0 Å². The Morgan fingerprint density at radius 1 is 1.10 bits per heavy atom. The molecule has 7 heteroatoms. The minimum absolute atomic E-state index is 0.0647. The highest BCUT2D eigenvalue weighted by Crippen LogP contribution is 2.22. The van der Waals surface area contributed by atoms with Crippen molar-refractivity contribution < 1.29 is 5.11 Å². The predicted molar refractivity (Wildman–Crippen MR) is 117 cm³/mol. The molecular formula is C23H28N4O3. The molecule has 3 aromatic rings. The molecular weight excluding hydrogens is 380 g/mol. The molecule has 0 aliphatic carbocycles. The molecule has 0 bridgehead atoms. The second kappa shape index (κ2) is 8.95. The maximum Gasteiger partial charge on any atom is 0.314 e. The second-order valence-corrected chi connectivity index (χ2v) is 8.03. The van der Waals surface area contributed by atoms with Gasteiger partial charge in [-0.15, -0.1) is 0 Å². The Hall–Kier alpha value is -2.74. The van der Waals surface area contributed by atoms with E-state index in [9.17, 15) is 14.7 Å². The van der Waals surface area contributed by atoms with Crippen LogP contribution in [0.1, 0.15) is 42.5 Å². The lowest BCUT2D eigenvalue weighted by Gasteiger charge is -2.24. The van der Waals surface area contributed by atoms with Crippen molar-refractivity contribution in [3.8, 4) is 0 Å². The maximum absolute atomic E-state index is 11.6. The summed E-state index contributed by atoms with van der Waals surface area (Å²) in [7, 11) is 0. The van der Waals surface area contributed by atoms with Crippen LogP contribution in [0.4, 0.5) is 0 Å². The van der Waals surface area contributed by atoms with Gasteiger partial charge < -0.3 is 20.4 Å². The molecule has 1 aliphatic heterocycles. The molecule has 4 N–H and O–H groups in total.